The Balaban J connectivity index is 1.11. The molecular weight excluding hydrogens is 615 g/mol. The molecule has 0 unspecified atom stereocenters. The van der Waals surface area contributed by atoms with Crippen molar-refractivity contribution in [1.29, 1.82) is 0 Å². The van der Waals surface area contributed by atoms with Crippen LogP contribution in [-0.2, 0) is 38.3 Å². The van der Waals surface area contributed by atoms with Crippen molar-refractivity contribution in [3.05, 3.63) is 77.5 Å². The van der Waals surface area contributed by atoms with Crippen LogP contribution in [-0.4, -0.2) is 92.0 Å². The number of aliphatic hydroxyl groups is 1. The molecule has 0 bridgehead atoms. The topological polar surface area (TPSA) is 107 Å². The first-order valence-corrected chi connectivity index (χ1v) is 15.9. The van der Waals surface area contributed by atoms with Crippen molar-refractivity contribution in [2.75, 3.05) is 20.1 Å². The lowest BCUT2D eigenvalue weighted by Gasteiger charge is -2.48. The fourth-order valence-electron chi connectivity index (χ4n) is 8.44. The Morgan fingerprint density at radius 1 is 1.13 bits per heavy atom. The van der Waals surface area contributed by atoms with Crippen LogP contribution in [0.15, 0.2) is 60.8 Å². The number of hydrogen-bond acceptors (Lipinski definition) is 6. The molecule has 5 aliphatic rings. The van der Waals surface area contributed by atoms with E-state index in [4.69, 9.17) is 4.74 Å². The largest absolute Gasteiger partial charge is 0.488 e. The third kappa shape index (κ3) is 4.39. The molecule has 5 heterocycles. The molecule has 3 fully saturated rings. The second-order valence-corrected chi connectivity index (χ2v) is 13.4. The molecule has 0 radical (unpaired) electrons. The predicted molar refractivity (Wildman–Crippen MR) is 163 cm³/mol. The van der Waals surface area contributed by atoms with Crippen molar-refractivity contribution in [3.63, 3.8) is 0 Å². The van der Waals surface area contributed by atoms with Crippen LogP contribution in [0.1, 0.15) is 36.5 Å². The van der Waals surface area contributed by atoms with Crippen LogP contribution in [0.3, 0.4) is 0 Å². The van der Waals surface area contributed by atoms with Crippen molar-refractivity contribution in [3.8, 4) is 0 Å². The van der Waals surface area contributed by atoms with E-state index in [2.05, 4.69) is 5.32 Å². The average molecular weight is 650 g/mol. The molecule has 4 aliphatic heterocycles. The average Bonchev–Trinajstić information content (AvgIpc) is 3.72. The zero-order chi connectivity index (χ0) is 33.0. The SMILES string of the molecule is CN1C[C@H](C(=O)N[C@]2(C)O[C@@]3(O)[C@@H]4CCCN4C(=O)[C@H](Cc4ccccc4)N3C2=O)C=C2c3cccc4c3c(cn4C(F)(F)F)C[C@H]21. The Morgan fingerprint density at radius 2 is 1.89 bits per heavy atom. The van der Waals surface area contributed by atoms with E-state index in [1.807, 2.05) is 42.3 Å². The normalized spacial score (nSPS) is 31.9. The molecule has 246 valence electrons. The maximum Gasteiger partial charge on any atom is 0.488 e. The minimum atomic E-state index is -4.58. The van der Waals surface area contributed by atoms with Crippen LogP contribution < -0.4 is 5.32 Å². The summed E-state index contributed by atoms with van der Waals surface area (Å²) in [5.74, 6) is -4.45. The summed E-state index contributed by atoms with van der Waals surface area (Å²) in [6.45, 7) is 2.06. The minimum Gasteiger partial charge on any atom is -0.347 e. The van der Waals surface area contributed by atoms with Crippen LogP contribution in [0.2, 0.25) is 0 Å². The van der Waals surface area contributed by atoms with Gasteiger partial charge in [0.05, 0.1) is 11.4 Å². The highest BCUT2D eigenvalue weighted by Crippen LogP contribution is 2.47. The van der Waals surface area contributed by atoms with Gasteiger partial charge in [0.25, 0.3) is 11.8 Å². The molecule has 1 aliphatic carbocycles. The number of rotatable bonds is 4. The Morgan fingerprint density at radius 3 is 2.64 bits per heavy atom. The molecule has 10 nitrogen and oxygen atoms in total. The number of ether oxygens (including phenoxy) is 1. The number of amides is 3. The van der Waals surface area contributed by atoms with Crippen LogP contribution in [0.25, 0.3) is 16.5 Å². The molecule has 2 aromatic carbocycles. The standard InChI is InChI=1S/C34H34F3N5O5/c1-32(31(45)42-26(14-19-8-4-3-5-9-19)30(44)40-13-7-12-27(40)33(42,46)47-32)38-29(43)21-15-23-22-10-6-11-24-28(22)20(16-25(23)39(2)17-21)18-41(24)34(35,36)37/h3-6,8-11,15,18,21,25-27,46H,7,12-14,16-17H2,1-2H3,(H,38,43)/t21-,25-,26+,27+,32-,33+/m1/s1. The summed E-state index contributed by atoms with van der Waals surface area (Å²) in [6.07, 6.45) is -0.0732. The fraction of sp³-hybridized carbons (Fsp3) is 0.441. The summed E-state index contributed by atoms with van der Waals surface area (Å²) in [4.78, 5) is 46.5. The molecule has 8 rings (SSSR count). The minimum absolute atomic E-state index is 0.0569. The fourth-order valence-corrected chi connectivity index (χ4v) is 8.44. The van der Waals surface area contributed by atoms with Crippen LogP contribution in [0, 0.1) is 5.92 Å². The molecule has 0 spiro atoms. The van der Waals surface area contributed by atoms with Crippen LogP contribution in [0.5, 0.6) is 0 Å². The van der Waals surface area contributed by atoms with Gasteiger partial charge in [0, 0.05) is 37.1 Å². The van der Waals surface area contributed by atoms with E-state index in [0.29, 0.717) is 46.9 Å². The predicted octanol–water partition coefficient (Wildman–Crippen LogP) is 2.94. The summed E-state index contributed by atoms with van der Waals surface area (Å²) >= 11 is 0. The lowest BCUT2D eigenvalue weighted by molar-refractivity contribution is -0.315. The first-order chi connectivity index (χ1) is 22.3. The monoisotopic (exact) mass is 649 g/mol. The zero-order valence-corrected chi connectivity index (χ0v) is 25.8. The van der Waals surface area contributed by atoms with Gasteiger partial charge in [0.1, 0.15) is 12.1 Å². The van der Waals surface area contributed by atoms with Gasteiger partial charge in [0.15, 0.2) is 0 Å². The van der Waals surface area contributed by atoms with Gasteiger partial charge in [-0.25, -0.2) is 0 Å². The highest BCUT2D eigenvalue weighted by Gasteiger charge is 2.70. The van der Waals surface area contributed by atoms with Gasteiger partial charge >= 0.3 is 6.30 Å². The van der Waals surface area contributed by atoms with E-state index >= 15 is 0 Å². The van der Waals surface area contributed by atoms with Gasteiger partial charge < -0.3 is 15.3 Å². The molecule has 0 saturated carbocycles. The quantitative estimate of drug-likeness (QED) is 0.451. The molecule has 3 aromatic rings. The first-order valence-electron chi connectivity index (χ1n) is 15.9. The van der Waals surface area contributed by atoms with Gasteiger partial charge in [-0.2, -0.15) is 0 Å². The number of hydrogen-bond donors (Lipinski definition) is 2. The number of nitrogens with zero attached hydrogens (tertiary/aromatic N) is 4. The molecule has 6 atom stereocenters. The van der Waals surface area contributed by atoms with Crippen LogP contribution >= 0.6 is 0 Å². The molecule has 13 heteroatoms. The third-order valence-corrected chi connectivity index (χ3v) is 10.5. The van der Waals surface area contributed by atoms with Crippen molar-refractivity contribution in [1.82, 2.24) is 24.6 Å². The van der Waals surface area contributed by atoms with E-state index < -0.39 is 47.8 Å². The van der Waals surface area contributed by atoms with Gasteiger partial charge in [-0.05, 0) is 61.6 Å². The summed E-state index contributed by atoms with van der Waals surface area (Å²) in [5, 5.41) is 15.3. The zero-order valence-electron chi connectivity index (χ0n) is 25.8. The number of likely N-dealkylation sites (N-methyl/N-ethyl adjacent to an activating group) is 1. The third-order valence-electron chi connectivity index (χ3n) is 10.5. The van der Waals surface area contributed by atoms with E-state index in [1.165, 1.54) is 13.0 Å². The second-order valence-electron chi connectivity index (χ2n) is 13.4. The van der Waals surface area contributed by atoms with Gasteiger partial charge in [-0.15, -0.1) is 13.2 Å². The van der Waals surface area contributed by atoms with Crippen molar-refractivity contribution >= 4 is 34.2 Å². The molecule has 2 N–H and O–H groups in total. The number of carbonyl (C=O) groups excluding carboxylic acids is 3. The van der Waals surface area contributed by atoms with Crippen molar-refractivity contribution in [2.24, 2.45) is 5.92 Å². The number of fused-ring (bicyclic) bond motifs is 5. The highest BCUT2D eigenvalue weighted by atomic mass is 19.4. The maximum atomic E-state index is 14.2. The highest BCUT2D eigenvalue weighted by molar-refractivity contribution is 6.01. The van der Waals surface area contributed by atoms with Gasteiger partial charge in [-0.1, -0.05) is 48.5 Å². The lowest BCUT2D eigenvalue weighted by atomic mass is 9.79. The summed E-state index contributed by atoms with van der Waals surface area (Å²) < 4.78 is 48.1. The van der Waals surface area contributed by atoms with E-state index in [-0.39, 0.29) is 30.4 Å². The van der Waals surface area contributed by atoms with E-state index in [9.17, 15) is 32.7 Å². The Labute approximate surface area is 268 Å². The second kappa shape index (κ2) is 10.1. The van der Waals surface area contributed by atoms with E-state index in [0.717, 1.165) is 22.2 Å². The van der Waals surface area contributed by atoms with Crippen molar-refractivity contribution < 1.29 is 37.4 Å². The molecule has 3 amide bonds. The molecule has 47 heavy (non-hydrogen) atoms. The number of aromatic nitrogens is 1. The van der Waals surface area contributed by atoms with Gasteiger partial charge in [-0.3, -0.25) is 33.5 Å². The number of halogens is 3. The summed E-state index contributed by atoms with van der Waals surface area (Å²) in [6, 6.07) is 11.9. The number of benzene rings is 2. The van der Waals surface area contributed by atoms with Gasteiger partial charge in [0.2, 0.25) is 17.5 Å². The number of nitrogens with one attached hydrogen (secondary N) is 1. The lowest BCUT2D eigenvalue weighted by Crippen LogP contribution is -2.71. The number of carbonyl (C=O) groups is 3. The summed E-state index contributed by atoms with van der Waals surface area (Å²) in [5.41, 5.74) is 0.854. The maximum absolute atomic E-state index is 14.2. The molecular formula is C34H34F3N5O5. The van der Waals surface area contributed by atoms with Crippen molar-refractivity contribution in [2.45, 2.75) is 68.7 Å². The molecule has 1 aromatic heterocycles. The number of piperazine rings is 1. The number of alkyl halides is 3. The molecule has 3 saturated heterocycles. The smallest absolute Gasteiger partial charge is 0.347 e. The van der Waals surface area contributed by atoms with E-state index in [1.54, 1.807) is 23.1 Å². The summed E-state index contributed by atoms with van der Waals surface area (Å²) in [7, 11) is 1.82. The Hall–Kier alpha value is -4.20. The first kappa shape index (κ1) is 30.2. The Kier molecular flexibility index (Phi) is 6.51. The Bertz CT molecular complexity index is 1860. The van der Waals surface area contributed by atoms with Crippen LogP contribution in [0.4, 0.5) is 13.2 Å².